The Balaban J connectivity index is 2.30. The lowest BCUT2D eigenvalue weighted by atomic mass is 9.94. The summed E-state index contributed by atoms with van der Waals surface area (Å²) in [4.78, 5) is 15.0. The van der Waals surface area contributed by atoms with Gasteiger partial charge in [0.2, 0.25) is 0 Å². The summed E-state index contributed by atoms with van der Waals surface area (Å²) in [5.41, 5.74) is -0.707. The largest absolute Gasteiger partial charge is 0.324 e. The van der Waals surface area contributed by atoms with Gasteiger partial charge in [0, 0.05) is 12.4 Å². The first kappa shape index (κ1) is 10.4. The highest BCUT2D eigenvalue weighted by Crippen LogP contribution is 2.29. The van der Waals surface area contributed by atoms with Crippen molar-refractivity contribution in [1.29, 1.82) is 0 Å². The molecule has 1 aromatic heterocycles. The zero-order valence-corrected chi connectivity index (χ0v) is 8.98. The number of imidazole rings is 1. The zero-order valence-electron chi connectivity index (χ0n) is 8.17. The molecule has 15 heavy (non-hydrogen) atoms. The quantitative estimate of drug-likeness (QED) is 0.667. The van der Waals surface area contributed by atoms with Crippen LogP contribution < -0.4 is 0 Å². The van der Waals surface area contributed by atoms with Crippen LogP contribution in [-0.4, -0.2) is 35.8 Å². The van der Waals surface area contributed by atoms with Gasteiger partial charge in [0.15, 0.2) is 9.84 Å². The molecule has 1 aromatic rings. The topological polar surface area (TPSA) is 69.0 Å². The van der Waals surface area contributed by atoms with Crippen LogP contribution in [-0.2, 0) is 20.2 Å². The van der Waals surface area contributed by atoms with Gasteiger partial charge in [-0.3, -0.25) is 0 Å². The third kappa shape index (κ3) is 1.81. The van der Waals surface area contributed by atoms with Crippen molar-refractivity contribution in [1.82, 2.24) is 9.55 Å². The number of sulfone groups is 1. The summed E-state index contributed by atoms with van der Waals surface area (Å²) in [6, 6.07) is 0. The van der Waals surface area contributed by atoms with Crippen molar-refractivity contribution in [3.8, 4) is 0 Å². The molecule has 1 fully saturated rings. The van der Waals surface area contributed by atoms with E-state index in [2.05, 4.69) is 4.98 Å². The smallest absolute Gasteiger partial charge is 0.150 e. The van der Waals surface area contributed by atoms with Gasteiger partial charge in [-0.15, -0.1) is 0 Å². The molecule has 0 radical (unpaired) electrons. The molecule has 82 valence electrons. The number of aldehydes is 1. The van der Waals surface area contributed by atoms with E-state index in [0.717, 1.165) is 6.29 Å². The van der Waals surface area contributed by atoms with Crippen LogP contribution in [0.5, 0.6) is 0 Å². The van der Waals surface area contributed by atoms with Crippen LogP contribution in [0.4, 0.5) is 0 Å². The molecule has 0 amide bonds. The second kappa shape index (κ2) is 3.44. The SMILES string of the molecule is O=CC1(n2ccnc2)CCS(=O)(=O)CC1. The highest BCUT2D eigenvalue weighted by Gasteiger charge is 2.38. The third-order valence-electron chi connectivity index (χ3n) is 2.93. The molecule has 6 heteroatoms. The van der Waals surface area contributed by atoms with Crippen LogP contribution in [0.15, 0.2) is 18.7 Å². The number of rotatable bonds is 2. The lowest BCUT2D eigenvalue weighted by molar-refractivity contribution is -0.115. The Kier molecular flexibility index (Phi) is 2.38. The molecule has 0 atom stereocenters. The van der Waals surface area contributed by atoms with Crippen molar-refractivity contribution >= 4 is 16.1 Å². The van der Waals surface area contributed by atoms with E-state index in [1.54, 1.807) is 23.3 Å². The van der Waals surface area contributed by atoms with Gasteiger partial charge in [-0.2, -0.15) is 0 Å². The molecule has 1 saturated heterocycles. The Hall–Kier alpha value is -1.17. The molecule has 0 bridgehead atoms. The number of aromatic nitrogens is 2. The highest BCUT2D eigenvalue weighted by atomic mass is 32.2. The van der Waals surface area contributed by atoms with Gasteiger partial charge in [-0.1, -0.05) is 0 Å². The maximum absolute atomic E-state index is 11.3. The fourth-order valence-corrected chi connectivity index (χ4v) is 3.38. The molecule has 0 aliphatic carbocycles. The fourth-order valence-electron chi connectivity index (χ4n) is 1.85. The summed E-state index contributed by atoms with van der Waals surface area (Å²) >= 11 is 0. The van der Waals surface area contributed by atoms with E-state index >= 15 is 0 Å². The van der Waals surface area contributed by atoms with Gasteiger partial charge in [-0.05, 0) is 12.8 Å². The van der Waals surface area contributed by atoms with Crippen molar-refractivity contribution in [2.45, 2.75) is 18.4 Å². The molecule has 2 rings (SSSR count). The van der Waals surface area contributed by atoms with Crippen molar-refractivity contribution in [2.75, 3.05) is 11.5 Å². The second-order valence-corrected chi connectivity index (χ2v) is 6.15. The van der Waals surface area contributed by atoms with E-state index < -0.39 is 15.4 Å². The Morgan fingerprint density at radius 2 is 2.00 bits per heavy atom. The molecule has 2 heterocycles. The fraction of sp³-hybridized carbons (Fsp3) is 0.556. The maximum atomic E-state index is 11.3. The summed E-state index contributed by atoms with van der Waals surface area (Å²) in [5, 5.41) is 0. The predicted octanol–water partition coefficient (Wildman–Crippen LogP) is -0.0141. The molecule has 0 saturated carbocycles. The molecule has 5 nitrogen and oxygen atoms in total. The number of hydrogen-bond donors (Lipinski definition) is 0. The number of nitrogens with zero attached hydrogens (tertiary/aromatic N) is 2. The number of carbonyl (C=O) groups is 1. The minimum absolute atomic E-state index is 0.0733. The molecule has 0 aromatic carbocycles. The predicted molar refractivity (Wildman–Crippen MR) is 54.2 cm³/mol. The molecular formula is C9H12N2O3S. The van der Waals surface area contributed by atoms with E-state index in [0.29, 0.717) is 12.8 Å². The van der Waals surface area contributed by atoms with E-state index in [1.807, 2.05) is 0 Å². The van der Waals surface area contributed by atoms with Gasteiger partial charge >= 0.3 is 0 Å². The summed E-state index contributed by atoms with van der Waals surface area (Å²) in [7, 11) is -2.95. The summed E-state index contributed by atoms with van der Waals surface area (Å²) in [6.45, 7) is 0. The lowest BCUT2D eigenvalue weighted by Gasteiger charge is -2.32. The Bertz CT molecular complexity index is 436. The summed E-state index contributed by atoms with van der Waals surface area (Å²) in [5.74, 6) is 0.147. The summed E-state index contributed by atoms with van der Waals surface area (Å²) in [6.07, 6.45) is 6.38. The van der Waals surface area contributed by atoms with Crippen LogP contribution in [0.1, 0.15) is 12.8 Å². The minimum Gasteiger partial charge on any atom is -0.324 e. The Morgan fingerprint density at radius 3 is 2.47 bits per heavy atom. The lowest BCUT2D eigenvalue weighted by Crippen LogP contribution is -2.42. The van der Waals surface area contributed by atoms with Crippen molar-refractivity contribution in [3.05, 3.63) is 18.7 Å². The monoisotopic (exact) mass is 228 g/mol. The first-order valence-corrected chi connectivity index (χ1v) is 6.55. The average molecular weight is 228 g/mol. The van der Waals surface area contributed by atoms with E-state index in [9.17, 15) is 13.2 Å². The molecule has 0 spiro atoms. The van der Waals surface area contributed by atoms with Gasteiger partial charge in [-0.25, -0.2) is 13.4 Å². The van der Waals surface area contributed by atoms with Crippen LogP contribution >= 0.6 is 0 Å². The van der Waals surface area contributed by atoms with Crippen LogP contribution in [0.2, 0.25) is 0 Å². The van der Waals surface area contributed by atoms with E-state index in [-0.39, 0.29) is 11.5 Å². The minimum atomic E-state index is -2.95. The van der Waals surface area contributed by atoms with Crippen LogP contribution in [0, 0.1) is 0 Å². The normalized spacial score (nSPS) is 23.5. The number of hydrogen-bond acceptors (Lipinski definition) is 4. The van der Waals surface area contributed by atoms with E-state index in [1.165, 1.54) is 0 Å². The molecule has 0 unspecified atom stereocenters. The van der Waals surface area contributed by atoms with Gasteiger partial charge in [0.05, 0.1) is 17.8 Å². The first-order valence-electron chi connectivity index (χ1n) is 4.73. The third-order valence-corrected chi connectivity index (χ3v) is 4.58. The van der Waals surface area contributed by atoms with E-state index in [4.69, 9.17) is 0 Å². The van der Waals surface area contributed by atoms with Crippen LogP contribution in [0.3, 0.4) is 0 Å². The van der Waals surface area contributed by atoms with Gasteiger partial charge in [0.25, 0.3) is 0 Å². The van der Waals surface area contributed by atoms with Crippen molar-refractivity contribution in [2.24, 2.45) is 0 Å². The van der Waals surface area contributed by atoms with Gasteiger partial charge in [0.1, 0.15) is 11.8 Å². The number of carbonyl (C=O) groups excluding carboxylic acids is 1. The standard InChI is InChI=1S/C9H12N2O3S/c12-7-9(11-4-3-10-8-11)1-5-15(13,14)6-2-9/h3-4,7-8H,1-2,5-6H2. The first-order chi connectivity index (χ1) is 7.08. The molecule has 0 N–H and O–H groups in total. The van der Waals surface area contributed by atoms with Crippen molar-refractivity contribution in [3.63, 3.8) is 0 Å². The second-order valence-electron chi connectivity index (χ2n) is 3.84. The molecule has 1 aliphatic heterocycles. The summed E-state index contributed by atoms with van der Waals surface area (Å²) < 4.78 is 24.3. The van der Waals surface area contributed by atoms with Crippen LogP contribution in [0.25, 0.3) is 0 Å². The highest BCUT2D eigenvalue weighted by molar-refractivity contribution is 7.91. The maximum Gasteiger partial charge on any atom is 0.150 e. The van der Waals surface area contributed by atoms with Crippen molar-refractivity contribution < 1.29 is 13.2 Å². The Labute approximate surface area is 88.0 Å². The van der Waals surface area contributed by atoms with Gasteiger partial charge < -0.3 is 9.36 Å². The molecule has 1 aliphatic rings. The zero-order chi connectivity index (χ0) is 10.9. The Morgan fingerprint density at radius 1 is 1.33 bits per heavy atom. The molecular weight excluding hydrogens is 216 g/mol. The average Bonchev–Trinajstić information content (AvgIpc) is 2.72.